The van der Waals surface area contributed by atoms with Crippen molar-refractivity contribution in [1.29, 1.82) is 0 Å². The SMILES string of the molecule is CCC1=CC(C)=[C-]C1.CCC1=CC(C)=[C-]C1.[CH2]=[Ti+2].[Cl-].[Cl-]. The molecule has 2 rings (SSSR count). The first-order valence-corrected chi connectivity index (χ1v) is 7.65. The van der Waals surface area contributed by atoms with Gasteiger partial charge < -0.3 is 24.8 Å². The van der Waals surface area contributed by atoms with Crippen LogP contribution in [0.25, 0.3) is 0 Å². The minimum Gasteiger partial charge on any atom is -1.00 e. The molecule has 0 bridgehead atoms. The minimum atomic E-state index is 0. The fraction of sp³-hybridized carbons (Fsp3) is 0.471. The molecule has 0 amide bonds. The number of halogens is 2. The second kappa shape index (κ2) is 15.5. The molecule has 2 aliphatic rings. The topological polar surface area (TPSA) is 0 Å². The molecule has 0 aromatic heterocycles. The van der Waals surface area contributed by atoms with Crippen molar-refractivity contribution in [1.82, 2.24) is 0 Å². The van der Waals surface area contributed by atoms with Gasteiger partial charge in [0.25, 0.3) is 0 Å². The number of rotatable bonds is 2. The van der Waals surface area contributed by atoms with Gasteiger partial charge in [-0.1, -0.05) is 40.5 Å². The molecular formula is C17H24Cl2Ti-2. The van der Waals surface area contributed by atoms with E-state index in [2.05, 4.69) is 56.8 Å². The average Bonchev–Trinajstić information content (AvgIpc) is 3.01. The van der Waals surface area contributed by atoms with Crippen LogP contribution in [-0.4, -0.2) is 4.82 Å². The van der Waals surface area contributed by atoms with Crippen LogP contribution >= 0.6 is 0 Å². The molecule has 0 radical (unpaired) electrons. The van der Waals surface area contributed by atoms with Crippen LogP contribution in [0.5, 0.6) is 0 Å². The van der Waals surface area contributed by atoms with Crippen LogP contribution in [0, 0.1) is 12.2 Å². The Hall–Kier alpha value is 0.124. The summed E-state index contributed by atoms with van der Waals surface area (Å²) in [5.74, 6) is 0. The first-order valence-electron chi connectivity index (χ1n) is 6.54. The van der Waals surface area contributed by atoms with Crippen LogP contribution in [0.1, 0.15) is 53.4 Å². The summed E-state index contributed by atoms with van der Waals surface area (Å²) in [6.45, 7) is 8.57. The predicted octanol–water partition coefficient (Wildman–Crippen LogP) is -1.07. The summed E-state index contributed by atoms with van der Waals surface area (Å²) >= 11 is 1.75. The second-order valence-electron chi connectivity index (χ2n) is 4.39. The van der Waals surface area contributed by atoms with Crippen LogP contribution in [0.2, 0.25) is 0 Å². The minimum absolute atomic E-state index is 0. The Kier molecular flexibility index (Phi) is 19.5. The summed E-state index contributed by atoms with van der Waals surface area (Å²) in [6, 6.07) is 0. The number of allylic oxidation sites excluding steroid dienone is 8. The maximum Gasteiger partial charge on any atom is -1.00 e. The molecule has 0 aliphatic heterocycles. The summed E-state index contributed by atoms with van der Waals surface area (Å²) in [7, 11) is 0. The number of hydrogen-bond donors (Lipinski definition) is 0. The van der Waals surface area contributed by atoms with Crippen molar-refractivity contribution in [2.24, 2.45) is 0 Å². The molecule has 0 spiro atoms. The van der Waals surface area contributed by atoms with Crippen molar-refractivity contribution in [2.75, 3.05) is 0 Å². The maximum atomic E-state index is 3.25. The summed E-state index contributed by atoms with van der Waals surface area (Å²) < 4.78 is 0. The van der Waals surface area contributed by atoms with Gasteiger partial charge in [-0.25, -0.2) is 23.3 Å². The molecule has 0 unspecified atom stereocenters. The molecule has 0 aromatic carbocycles. The van der Waals surface area contributed by atoms with Crippen LogP contribution in [-0.2, 0) is 20.0 Å². The van der Waals surface area contributed by atoms with Crippen LogP contribution in [0.15, 0.2) is 34.4 Å². The van der Waals surface area contributed by atoms with E-state index in [0.717, 1.165) is 12.8 Å². The van der Waals surface area contributed by atoms with Crippen LogP contribution in [0.3, 0.4) is 0 Å². The molecule has 0 fully saturated rings. The molecular weight excluding hydrogens is 323 g/mol. The molecule has 0 saturated carbocycles. The summed E-state index contributed by atoms with van der Waals surface area (Å²) in [6.07, 6.45) is 15.4. The third kappa shape index (κ3) is 10.9. The van der Waals surface area contributed by atoms with Crippen LogP contribution < -0.4 is 24.8 Å². The van der Waals surface area contributed by atoms with E-state index < -0.39 is 0 Å². The van der Waals surface area contributed by atoms with Gasteiger partial charge in [0.2, 0.25) is 0 Å². The zero-order valence-electron chi connectivity index (χ0n) is 12.9. The van der Waals surface area contributed by atoms with Gasteiger partial charge in [-0.15, -0.1) is 12.8 Å². The number of hydrogen-bond acceptors (Lipinski definition) is 0. The standard InChI is InChI=1S/2C8H11.CH2.2ClH.Ti/c2*1-3-8-5-4-7(2)6-8;;;;/h2*6H,3,5H2,1-2H3;1H2;2*1H;/q2*-1;;;;+2/p-2. The molecule has 0 heterocycles. The van der Waals surface area contributed by atoms with Crippen molar-refractivity contribution >= 4 is 4.82 Å². The van der Waals surface area contributed by atoms with E-state index in [1.54, 1.807) is 20.0 Å². The first-order chi connectivity index (χ1) is 8.65. The Labute approximate surface area is 149 Å². The normalized spacial score (nSPS) is 14.9. The van der Waals surface area contributed by atoms with Crippen molar-refractivity contribution in [3.63, 3.8) is 0 Å². The fourth-order valence-electron chi connectivity index (χ4n) is 1.78. The first kappa shape index (κ1) is 25.1. The van der Waals surface area contributed by atoms with Crippen molar-refractivity contribution in [3.8, 4) is 0 Å². The van der Waals surface area contributed by atoms with Gasteiger partial charge in [0.05, 0.1) is 0 Å². The van der Waals surface area contributed by atoms with Crippen molar-refractivity contribution in [2.45, 2.75) is 53.4 Å². The van der Waals surface area contributed by atoms with Gasteiger partial charge in [0.15, 0.2) is 0 Å². The molecule has 0 N–H and O–H groups in total. The Bertz CT molecular complexity index is 340. The molecule has 3 heteroatoms. The largest absolute Gasteiger partial charge is 1.00 e. The monoisotopic (exact) mass is 346 g/mol. The van der Waals surface area contributed by atoms with Gasteiger partial charge in [-0.2, -0.15) is 11.1 Å². The van der Waals surface area contributed by atoms with E-state index in [1.165, 1.54) is 35.1 Å². The molecule has 0 nitrogen and oxygen atoms in total. The second-order valence-corrected chi connectivity index (χ2v) is 4.39. The average molecular weight is 347 g/mol. The Morgan fingerprint density at radius 1 is 0.900 bits per heavy atom. The van der Waals surface area contributed by atoms with E-state index in [4.69, 9.17) is 0 Å². The third-order valence-corrected chi connectivity index (χ3v) is 2.94. The summed E-state index contributed by atoms with van der Waals surface area (Å²) in [4.78, 5) is 3.25. The molecule has 0 saturated heterocycles. The summed E-state index contributed by atoms with van der Waals surface area (Å²) in [5.41, 5.74) is 5.65. The fourth-order valence-corrected chi connectivity index (χ4v) is 1.78. The van der Waals surface area contributed by atoms with Gasteiger partial charge in [-0.3, -0.25) is 12.2 Å². The molecule has 2 aliphatic carbocycles. The molecule has 0 aromatic rings. The van der Waals surface area contributed by atoms with Gasteiger partial charge >= 0.3 is 24.8 Å². The molecule has 112 valence electrons. The zero-order chi connectivity index (χ0) is 14.0. The smallest absolute Gasteiger partial charge is 1.00 e. The zero-order valence-corrected chi connectivity index (χ0v) is 16.0. The predicted molar refractivity (Wildman–Crippen MR) is 78.0 cm³/mol. The third-order valence-electron chi connectivity index (χ3n) is 2.94. The van der Waals surface area contributed by atoms with Gasteiger partial charge in [0, 0.05) is 0 Å². The van der Waals surface area contributed by atoms with Crippen LogP contribution in [0.4, 0.5) is 0 Å². The maximum absolute atomic E-state index is 3.25. The van der Waals surface area contributed by atoms with Gasteiger partial charge in [-0.05, 0) is 0 Å². The van der Waals surface area contributed by atoms with Crippen molar-refractivity contribution in [3.05, 3.63) is 46.6 Å². The summed E-state index contributed by atoms with van der Waals surface area (Å²) in [5, 5.41) is 0. The molecule has 20 heavy (non-hydrogen) atoms. The Morgan fingerprint density at radius 2 is 1.20 bits per heavy atom. The van der Waals surface area contributed by atoms with E-state index in [0.29, 0.717) is 0 Å². The Balaban J connectivity index is -0.000000236. The quantitative estimate of drug-likeness (QED) is 0.441. The van der Waals surface area contributed by atoms with Gasteiger partial charge in [0.1, 0.15) is 0 Å². The van der Waals surface area contributed by atoms with E-state index in [9.17, 15) is 0 Å². The van der Waals surface area contributed by atoms with Crippen molar-refractivity contribution < 1.29 is 44.8 Å². The Morgan fingerprint density at radius 3 is 1.30 bits per heavy atom. The van der Waals surface area contributed by atoms with E-state index in [1.807, 2.05) is 0 Å². The van der Waals surface area contributed by atoms with E-state index in [-0.39, 0.29) is 24.8 Å². The van der Waals surface area contributed by atoms with E-state index >= 15 is 0 Å². The molecule has 0 atom stereocenters.